The molecule has 0 spiro atoms. The summed E-state index contributed by atoms with van der Waals surface area (Å²) >= 11 is 0. The molecule has 1 heterocycles. The molecule has 4 atom stereocenters. The van der Waals surface area contributed by atoms with Crippen LogP contribution in [-0.2, 0) is 0 Å². The maximum Gasteiger partial charge on any atom is 0.337 e. The van der Waals surface area contributed by atoms with Crippen LogP contribution in [0.15, 0.2) is 24.5 Å². The standard InChI is InChI=1S/C17H20N2O2/c1-10(14-8-11-5-6-12(14)7-11)19-9-18-16-13(17(20)21)3-2-4-15(16)19/h2-4,9-12,14H,5-8H2,1H3,(H,20,21). The van der Waals surface area contributed by atoms with Gasteiger partial charge in [-0.3, -0.25) is 0 Å². The molecule has 21 heavy (non-hydrogen) atoms. The SMILES string of the molecule is CC(C1CC2CCC1C2)n1cnc2c(C(=O)O)cccc21. The van der Waals surface area contributed by atoms with E-state index in [1.807, 2.05) is 18.5 Å². The smallest absolute Gasteiger partial charge is 0.337 e. The summed E-state index contributed by atoms with van der Waals surface area (Å²) in [5.74, 6) is 1.59. The number of carbonyl (C=O) groups is 1. The van der Waals surface area contributed by atoms with Crippen LogP contribution in [0.1, 0.15) is 49.0 Å². The molecule has 2 aromatic rings. The molecule has 2 fully saturated rings. The van der Waals surface area contributed by atoms with Gasteiger partial charge in [-0.05, 0) is 56.1 Å². The average molecular weight is 284 g/mol. The van der Waals surface area contributed by atoms with Crippen LogP contribution in [-0.4, -0.2) is 20.6 Å². The van der Waals surface area contributed by atoms with Gasteiger partial charge in [-0.15, -0.1) is 0 Å². The first-order valence-electron chi connectivity index (χ1n) is 7.84. The van der Waals surface area contributed by atoms with Crippen molar-refractivity contribution in [2.75, 3.05) is 0 Å². The van der Waals surface area contributed by atoms with E-state index in [0.29, 0.717) is 17.1 Å². The number of fused-ring (bicyclic) bond motifs is 3. The summed E-state index contributed by atoms with van der Waals surface area (Å²) in [5.41, 5.74) is 1.86. The summed E-state index contributed by atoms with van der Waals surface area (Å²) in [6, 6.07) is 5.83. The molecule has 0 aliphatic heterocycles. The van der Waals surface area contributed by atoms with Crippen molar-refractivity contribution in [2.24, 2.45) is 17.8 Å². The minimum absolute atomic E-state index is 0.298. The lowest BCUT2D eigenvalue weighted by atomic mass is 9.84. The minimum Gasteiger partial charge on any atom is -0.478 e. The van der Waals surface area contributed by atoms with Crippen LogP contribution >= 0.6 is 0 Å². The third-order valence-corrected chi connectivity index (χ3v) is 5.69. The Labute approximate surface area is 123 Å². The lowest BCUT2D eigenvalue weighted by Gasteiger charge is -2.29. The van der Waals surface area contributed by atoms with E-state index in [-0.39, 0.29) is 0 Å². The van der Waals surface area contributed by atoms with Crippen molar-refractivity contribution in [2.45, 2.75) is 38.6 Å². The Morgan fingerprint density at radius 2 is 2.24 bits per heavy atom. The van der Waals surface area contributed by atoms with Gasteiger partial charge < -0.3 is 9.67 Å². The zero-order valence-electron chi connectivity index (χ0n) is 12.2. The lowest BCUT2D eigenvalue weighted by Crippen LogP contribution is -2.21. The molecule has 1 aromatic carbocycles. The highest BCUT2D eigenvalue weighted by Crippen LogP contribution is 2.52. The third kappa shape index (κ3) is 1.88. The monoisotopic (exact) mass is 284 g/mol. The molecule has 0 radical (unpaired) electrons. The second-order valence-corrected chi connectivity index (χ2v) is 6.71. The third-order valence-electron chi connectivity index (χ3n) is 5.69. The summed E-state index contributed by atoms with van der Waals surface area (Å²) in [6.45, 7) is 2.26. The van der Waals surface area contributed by atoms with Gasteiger partial charge >= 0.3 is 5.97 Å². The van der Waals surface area contributed by atoms with Gasteiger partial charge in [-0.25, -0.2) is 9.78 Å². The van der Waals surface area contributed by atoms with Crippen LogP contribution < -0.4 is 0 Å². The molecule has 1 aromatic heterocycles. The largest absolute Gasteiger partial charge is 0.478 e. The number of nitrogens with zero attached hydrogens (tertiary/aromatic N) is 2. The minimum atomic E-state index is -0.904. The van der Waals surface area contributed by atoms with Gasteiger partial charge in [0, 0.05) is 6.04 Å². The van der Waals surface area contributed by atoms with Gasteiger partial charge in [-0.2, -0.15) is 0 Å². The zero-order chi connectivity index (χ0) is 14.6. The van der Waals surface area contributed by atoms with Crippen molar-refractivity contribution in [3.05, 3.63) is 30.1 Å². The van der Waals surface area contributed by atoms with Gasteiger partial charge in [0.2, 0.25) is 0 Å². The maximum atomic E-state index is 11.3. The zero-order valence-corrected chi connectivity index (χ0v) is 12.2. The van der Waals surface area contributed by atoms with Crippen molar-refractivity contribution >= 4 is 17.0 Å². The molecule has 4 nitrogen and oxygen atoms in total. The highest BCUT2D eigenvalue weighted by molar-refractivity contribution is 6.00. The summed E-state index contributed by atoms with van der Waals surface area (Å²) in [4.78, 5) is 15.7. The first kappa shape index (κ1) is 12.9. The number of para-hydroxylation sites is 1. The number of hydrogen-bond acceptors (Lipinski definition) is 2. The molecule has 0 amide bonds. The lowest BCUT2D eigenvalue weighted by molar-refractivity contribution is 0.0699. The van der Waals surface area contributed by atoms with Crippen molar-refractivity contribution in [1.82, 2.24) is 9.55 Å². The topological polar surface area (TPSA) is 55.1 Å². The van der Waals surface area contributed by atoms with Crippen molar-refractivity contribution in [3.63, 3.8) is 0 Å². The van der Waals surface area contributed by atoms with Crippen LogP contribution in [0.4, 0.5) is 0 Å². The number of aromatic carboxylic acids is 1. The molecule has 2 aliphatic carbocycles. The van der Waals surface area contributed by atoms with E-state index >= 15 is 0 Å². The molecule has 4 heteroatoms. The molecule has 0 saturated heterocycles. The fraction of sp³-hybridized carbons (Fsp3) is 0.529. The molecule has 4 rings (SSSR count). The highest BCUT2D eigenvalue weighted by Gasteiger charge is 2.42. The number of rotatable bonds is 3. The van der Waals surface area contributed by atoms with Gasteiger partial charge in [0.15, 0.2) is 0 Å². The molecule has 110 valence electrons. The molecule has 2 saturated carbocycles. The molecular weight excluding hydrogens is 264 g/mol. The number of aromatic nitrogens is 2. The molecular formula is C17H20N2O2. The summed E-state index contributed by atoms with van der Waals surface area (Å²) < 4.78 is 2.19. The van der Waals surface area contributed by atoms with Gasteiger partial charge in [-0.1, -0.05) is 12.5 Å². The van der Waals surface area contributed by atoms with Crippen LogP contribution in [0.25, 0.3) is 11.0 Å². The second-order valence-electron chi connectivity index (χ2n) is 6.71. The quantitative estimate of drug-likeness (QED) is 0.934. The summed E-state index contributed by atoms with van der Waals surface area (Å²) in [5, 5.41) is 9.28. The number of hydrogen-bond donors (Lipinski definition) is 1. The van der Waals surface area contributed by atoms with Crippen LogP contribution in [0.2, 0.25) is 0 Å². The van der Waals surface area contributed by atoms with Gasteiger partial charge in [0.05, 0.1) is 17.4 Å². The van der Waals surface area contributed by atoms with E-state index in [4.69, 9.17) is 0 Å². The average Bonchev–Trinajstić information content (AvgIpc) is 3.20. The van der Waals surface area contributed by atoms with E-state index in [1.54, 1.807) is 6.07 Å². The fourth-order valence-electron chi connectivity index (χ4n) is 4.65. The van der Waals surface area contributed by atoms with Crippen molar-refractivity contribution in [3.8, 4) is 0 Å². The Kier molecular flexibility index (Phi) is 2.81. The summed E-state index contributed by atoms with van der Waals surface area (Å²) in [6.07, 6.45) is 7.31. The Hall–Kier alpha value is -1.84. The fourth-order valence-corrected chi connectivity index (χ4v) is 4.65. The molecule has 4 unspecified atom stereocenters. The predicted molar refractivity (Wildman–Crippen MR) is 80.3 cm³/mol. The second kappa shape index (κ2) is 4.58. The normalized spacial score (nSPS) is 29.1. The first-order valence-corrected chi connectivity index (χ1v) is 7.84. The van der Waals surface area contributed by atoms with Crippen LogP contribution in [0.3, 0.4) is 0 Å². The first-order chi connectivity index (χ1) is 10.1. The summed E-state index contributed by atoms with van der Waals surface area (Å²) in [7, 11) is 0. The number of benzene rings is 1. The highest BCUT2D eigenvalue weighted by atomic mass is 16.4. The van der Waals surface area contributed by atoms with Crippen LogP contribution in [0, 0.1) is 17.8 Å². The number of imidazole rings is 1. The Balaban J connectivity index is 1.74. The number of carboxylic acids is 1. The van der Waals surface area contributed by atoms with Crippen LogP contribution in [0.5, 0.6) is 0 Å². The van der Waals surface area contributed by atoms with Crippen molar-refractivity contribution in [1.29, 1.82) is 0 Å². The number of carboxylic acid groups (broad SMARTS) is 1. The molecule has 2 bridgehead atoms. The predicted octanol–water partition coefficient (Wildman–Crippen LogP) is 3.73. The Morgan fingerprint density at radius 3 is 2.90 bits per heavy atom. The van der Waals surface area contributed by atoms with Gasteiger partial charge in [0.25, 0.3) is 0 Å². The Bertz CT molecular complexity index is 706. The van der Waals surface area contributed by atoms with Crippen molar-refractivity contribution < 1.29 is 9.90 Å². The van der Waals surface area contributed by atoms with Gasteiger partial charge in [0.1, 0.15) is 5.52 Å². The molecule has 2 aliphatic rings. The van der Waals surface area contributed by atoms with E-state index in [1.165, 1.54) is 25.7 Å². The maximum absolute atomic E-state index is 11.3. The molecule has 1 N–H and O–H groups in total. The van der Waals surface area contributed by atoms with E-state index in [2.05, 4.69) is 16.5 Å². The van der Waals surface area contributed by atoms with E-state index in [9.17, 15) is 9.90 Å². The Morgan fingerprint density at radius 1 is 1.38 bits per heavy atom. The van der Waals surface area contributed by atoms with E-state index in [0.717, 1.165) is 23.3 Å². The van der Waals surface area contributed by atoms with E-state index < -0.39 is 5.97 Å².